The van der Waals surface area contributed by atoms with Crippen LogP contribution in [0.3, 0.4) is 0 Å². The van der Waals surface area contributed by atoms with Crippen LogP contribution in [0.4, 0.5) is 0 Å². The molecular weight excluding hydrogens is 290 g/mol. The van der Waals surface area contributed by atoms with Gasteiger partial charge in [0.2, 0.25) is 0 Å². The predicted molar refractivity (Wildman–Crippen MR) is 90.4 cm³/mol. The molecule has 22 heavy (non-hydrogen) atoms. The van der Waals surface area contributed by atoms with Gasteiger partial charge in [-0.3, -0.25) is 0 Å². The first-order valence-corrected chi connectivity index (χ1v) is 9.31. The Labute approximate surface area is 136 Å². The molecule has 1 aromatic carbocycles. The summed E-state index contributed by atoms with van der Waals surface area (Å²) >= 11 is 1.93. The molecule has 1 atom stereocenters. The Kier molecular flexibility index (Phi) is 3.73. The number of aryl methyl sites for hydroxylation is 1. The van der Waals surface area contributed by atoms with Crippen molar-refractivity contribution in [1.29, 1.82) is 0 Å². The first-order valence-electron chi connectivity index (χ1n) is 8.43. The summed E-state index contributed by atoms with van der Waals surface area (Å²) in [6, 6.07) is 9.56. The van der Waals surface area contributed by atoms with Gasteiger partial charge in [0.1, 0.15) is 5.82 Å². The molecule has 2 aliphatic carbocycles. The molecule has 0 radical (unpaired) electrons. The summed E-state index contributed by atoms with van der Waals surface area (Å²) in [5, 5.41) is 10.7. The van der Waals surface area contributed by atoms with E-state index < -0.39 is 0 Å². The number of fused-ring (bicyclic) bond motifs is 1. The molecule has 0 saturated heterocycles. The van der Waals surface area contributed by atoms with Gasteiger partial charge in [-0.25, -0.2) is 0 Å². The van der Waals surface area contributed by atoms with Crippen LogP contribution in [0, 0.1) is 0 Å². The van der Waals surface area contributed by atoms with Crippen molar-refractivity contribution < 1.29 is 0 Å². The summed E-state index contributed by atoms with van der Waals surface area (Å²) in [4.78, 5) is 0. The third kappa shape index (κ3) is 2.58. The zero-order valence-corrected chi connectivity index (χ0v) is 14.1. The molecule has 0 spiro atoms. The molecule has 116 valence electrons. The van der Waals surface area contributed by atoms with Gasteiger partial charge in [0.25, 0.3) is 0 Å². The number of nitrogens with zero attached hydrogens (tertiary/aromatic N) is 3. The number of thioether (sulfide) groups is 1. The second-order valence-corrected chi connectivity index (χ2v) is 7.96. The molecule has 1 aromatic heterocycles. The quantitative estimate of drug-likeness (QED) is 0.804. The summed E-state index contributed by atoms with van der Waals surface area (Å²) < 4.78 is 2.42. The lowest BCUT2D eigenvalue weighted by molar-refractivity contribution is 0.595. The Balaban J connectivity index is 1.65. The maximum absolute atomic E-state index is 4.54. The molecule has 1 unspecified atom stereocenters. The highest BCUT2D eigenvalue weighted by Crippen LogP contribution is 2.46. The van der Waals surface area contributed by atoms with E-state index >= 15 is 0 Å². The minimum Gasteiger partial charge on any atom is -0.303 e. The van der Waals surface area contributed by atoms with Gasteiger partial charge in [-0.15, -0.1) is 10.2 Å². The lowest BCUT2D eigenvalue weighted by atomic mass is 9.91. The van der Waals surface area contributed by atoms with Crippen molar-refractivity contribution in [1.82, 2.24) is 14.8 Å². The average molecular weight is 313 g/mol. The van der Waals surface area contributed by atoms with E-state index in [1.807, 2.05) is 11.8 Å². The predicted octanol–water partition coefficient (Wildman–Crippen LogP) is 4.91. The van der Waals surface area contributed by atoms with Crippen molar-refractivity contribution in [3.8, 4) is 0 Å². The summed E-state index contributed by atoms with van der Waals surface area (Å²) in [5.74, 6) is 1.61. The van der Waals surface area contributed by atoms with Gasteiger partial charge < -0.3 is 4.57 Å². The van der Waals surface area contributed by atoms with Crippen LogP contribution in [0.2, 0.25) is 0 Å². The maximum atomic E-state index is 4.54. The molecule has 4 heteroatoms. The molecule has 1 fully saturated rings. The van der Waals surface area contributed by atoms with Crippen molar-refractivity contribution in [3.63, 3.8) is 0 Å². The molecule has 0 aliphatic heterocycles. The van der Waals surface area contributed by atoms with E-state index in [4.69, 9.17) is 0 Å². The molecular formula is C18H23N3S. The summed E-state index contributed by atoms with van der Waals surface area (Å²) in [6.45, 7) is 4.43. The Morgan fingerprint density at radius 1 is 1.14 bits per heavy atom. The van der Waals surface area contributed by atoms with Crippen LogP contribution in [0.15, 0.2) is 29.4 Å². The van der Waals surface area contributed by atoms with Crippen LogP contribution < -0.4 is 0 Å². The smallest absolute Gasteiger partial charge is 0.192 e. The van der Waals surface area contributed by atoms with Crippen LogP contribution >= 0.6 is 11.8 Å². The highest BCUT2D eigenvalue weighted by atomic mass is 32.2. The molecule has 2 aliphatic rings. The van der Waals surface area contributed by atoms with E-state index in [9.17, 15) is 0 Å². The highest BCUT2D eigenvalue weighted by molar-refractivity contribution is 7.99. The summed E-state index contributed by atoms with van der Waals surface area (Å²) in [7, 11) is 0. The lowest BCUT2D eigenvalue weighted by Crippen LogP contribution is -2.09. The van der Waals surface area contributed by atoms with Gasteiger partial charge in [-0.05, 0) is 43.2 Å². The molecule has 4 rings (SSSR count). The minimum atomic E-state index is 0.445. The lowest BCUT2D eigenvalue weighted by Gasteiger charge is -2.24. The third-order valence-electron chi connectivity index (χ3n) is 4.68. The maximum Gasteiger partial charge on any atom is 0.192 e. The van der Waals surface area contributed by atoms with Gasteiger partial charge in [-0.1, -0.05) is 49.9 Å². The SMILES string of the molecule is CC(C)c1nnc(SC2CCCc3ccccc32)n1C1CC1. The molecule has 1 heterocycles. The second-order valence-electron chi connectivity index (χ2n) is 6.79. The van der Waals surface area contributed by atoms with Crippen LogP contribution in [-0.4, -0.2) is 14.8 Å². The second kappa shape index (κ2) is 5.73. The molecule has 0 amide bonds. The van der Waals surface area contributed by atoms with Gasteiger partial charge in [0.15, 0.2) is 5.16 Å². The van der Waals surface area contributed by atoms with Crippen molar-refractivity contribution in [2.45, 2.75) is 68.3 Å². The standard InChI is InChI=1S/C18H23N3S/c1-12(2)17-19-20-18(21(17)14-10-11-14)22-16-9-5-7-13-6-3-4-8-15(13)16/h3-4,6,8,12,14,16H,5,7,9-11H2,1-2H3. The Hall–Kier alpha value is -1.29. The third-order valence-corrected chi connectivity index (χ3v) is 5.94. The molecule has 0 N–H and O–H groups in total. The van der Waals surface area contributed by atoms with Crippen LogP contribution in [0.5, 0.6) is 0 Å². The van der Waals surface area contributed by atoms with Gasteiger partial charge in [0.05, 0.1) is 0 Å². The van der Waals surface area contributed by atoms with Gasteiger partial charge in [0, 0.05) is 17.2 Å². The van der Waals surface area contributed by atoms with Crippen LogP contribution in [0.25, 0.3) is 0 Å². The largest absolute Gasteiger partial charge is 0.303 e. The zero-order valence-electron chi connectivity index (χ0n) is 13.3. The summed E-state index contributed by atoms with van der Waals surface area (Å²) in [5.41, 5.74) is 3.03. The molecule has 3 nitrogen and oxygen atoms in total. The minimum absolute atomic E-state index is 0.445. The molecule has 1 saturated carbocycles. The van der Waals surface area contributed by atoms with Crippen molar-refractivity contribution in [3.05, 3.63) is 41.2 Å². The van der Waals surface area contributed by atoms with E-state index in [0.29, 0.717) is 17.2 Å². The highest BCUT2D eigenvalue weighted by Gasteiger charge is 2.32. The van der Waals surface area contributed by atoms with E-state index in [-0.39, 0.29) is 0 Å². The average Bonchev–Trinajstić information content (AvgIpc) is 3.28. The summed E-state index contributed by atoms with van der Waals surface area (Å²) in [6.07, 6.45) is 6.32. The van der Waals surface area contributed by atoms with E-state index in [2.05, 4.69) is 52.9 Å². The Bertz CT molecular complexity index is 673. The number of rotatable bonds is 4. The fourth-order valence-corrected chi connectivity index (χ4v) is 4.74. The Morgan fingerprint density at radius 2 is 1.95 bits per heavy atom. The van der Waals surface area contributed by atoms with Crippen molar-refractivity contribution >= 4 is 11.8 Å². The van der Waals surface area contributed by atoms with Crippen molar-refractivity contribution in [2.24, 2.45) is 0 Å². The number of hydrogen-bond donors (Lipinski definition) is 0. The number of aromatic nitrogens is 3. The Morgan fingerprint density at radius 3 is 2.73 bits per heavy atom. The van der Waals surface area contributed by atoms with Crippen LogP contribution in [-0.2, 0) is 6.42 Å². The molecule has 2 aromatic rings. The molecule has 0 bridgehead atoms. The van der Waals surface area contributed by atoms with Gasteiger partial charge >= 0.3 is 0 Å². The number of hydrogen-bond acceptors (Lipinski definition) is 3. The van der Waals surface area contributed by atoms with Gasteiger partial charge in [-0.2, -0.15) is 0 Å². The van der Waals surface area contributed by atoms with E-state index in [0.717, 1.165) is 11.0 Å². The normalized spacial score (nSPS) is 21.1. The first kappa shape index (κ1) is 14.3. The number of benzene rings is 1. The van der Waals surface area contributed by atoms with E-state index in [1.54, 1.807) is 0 Å². The first-order chi connectivity index (χ1) is 10.7. The van der Waals surface area contributed by atoms with E-state index in [1.165, 1.54) is 43.2 Å². The monoisotopic (exact) mass is 313 g/mol. The van der Waals surface area contributed by atoms with Crippen molar-refractivity contribution in [2.75, 3.05) is 0 Å². The fourth-order valence-electron chi connectivity index (χ4n) is 3.40. The topological polar surface area (TPSA) is 30.7 Å². The zero-order chi connectivity index (χ0) is 15.1. The van der Waals surface area contributed by atoms with Crippen LogP contribution in [0.1, 0.15) is 73.7 Å². The fraction of sp³-hybridized carbons (Fsp3) is 0.556.